The van der Waals surface area contributed by atoms with Crippen LogP contribution < -0.4 is 4.31 Å². The van der Waals surface area contributed by atoms with Gasteiger partial charge in [0.25, 0.3) is 10.0 Å². The molecule has 4 rings (SSSR count). The lowest BCUT2D eigenvalue weighted by Crippen LogP contribution is -2.45. The SMILES string of the molecule is O=C1CCCCN1CN1c2cccc3cccc(c23)S1(=O)=O. The maximum atomic E-state index is 12.8. The zero-order valence-electron chi connectivity index (χ0n) is 12.0. The maximum Gasteiger partial charge on any atom is 0.266 e. The number of hydrogen-bond acceptors (Lipinski definition) is 3. The summed E-state index contributed by atoms with van der Waals surface area (Å²) in [5.74, 6) is 0.0320. The number of piperidine rings is 1. The van der Waals surface area contributed by atoms with Gasteiger partial charge in [0.15, 0.2) is 0 Å². The Morgan fingerprint density at radius 1 is 1.05 bits per heavy atom. The van der Waals surface area contributed by atoms with Gasteiger partial charge < -0.3 is 4.90 Å². The van der Waals surface area contributed by atoms with E-state index >= 15 is 0 Å². The molecule has 2 heterocycles. The lowest BCUT2D eigenvalue weighted by molar-refractivity contribution is -0.133. The first kappa shape index (κ1) is 13.6. The molecule has 1 amide bonds. The van der Waals surface area contributed by atoms with Crippen LogP contribution in [0.4, 0.5) is 5.69 Å². The third kappa shape index (κ3) is 1.83. The zero-order chi connectivity index (χ0) is 15.3. The number of anilines is 1. The second-order valence-corrected chi connectivity index (χ2v) is 7.57. The molecule has 2 aromatic carbocycles. The highest BCUT2D eigenvalue weighted by atomic mass is 32.2. The summed E-state index contributed by atoms with van der Waals surface area (Å²) in [7, 11) is -3.58. The number of carbonyl (C=O) groups is 1. The fourth-order valence-electron chi connectivity index (χ4n) is 3.28. The standard InChI is InChI=1S/C16H16N2O3S/c19-15-9-1-2-10-17(15)11-18-13-7-3-5-12-6-4-8-14(16(12)13)22(18,20)21/h3-8H,1-2,9-11H2. The Kier molecular flexibility index (Phi) is 2.91. The third-order valence-corrected chi connectivity index (χ3v) is 6.19. The van der Waals surface area contributed by atoms with Crippen molar-refractivity contribution in [3.63, 3.8) is 0 Å². The number of sulfonamides is 1. The summed E-state index contributed by atoms with van der Waals surface area (Å²) in [6, 6.07) is 10.9. The Morgan fingerprint density at radius 2 is 1.82 bits per heavy atom. The van der Waals surface area contributed by atoms with Gasteiger partial charge >= 0.3 is 0 Å². The summed E-state index contributed by atoms with van der Waals surface area (Å²) in [5, 5.41) is 1.67. The topological polar surface area (TPSA) is 57.7 Å². The van der Waals surface area contributed by atoms with Crippen LogP contribution in [0, 0.1) is 0 Å². The van der Waals surface area contributed by atoms with Crippen LogP contribution in [0.15, 0.2) is 41.3 Å². The number of rotatable bonds is 2. The van der Waals surface area contributed by atoms with Crippen molar-refractivity contribution in [1.29, 1.82) is 0 Å². The average molecular weight is 316 g/mol. The van der Waals surface area contributed by atoms with Crippen LogP contribution in [-0.4, -0.2) is 32.4 Å². The molecule has 0 bridgehead atoms. The van der Waals surface area contributed by atoms with Crippen molar-refractivity contribution in [3.8, 4) is 0 Å². The van der Waals surface area contributed by atoms with Gasteiger partial charge in [-0.1, -0.05) is 24.3 Å². The van der Waals surface area contributed by atoms with Crippen LogP contribution in [0.25, 0.3) is 10.8 Å². The second-order valence-electron chi connectivity index (χ2n) is 5.74. The van der Waals surface area contributed by atoms with Crippen LogP contribution >= 0.6 is 0 Å². The van der Waals surface area contributed by atoms with Crippen molar-refractivity contribution in [1.82, 2.24) is 4.90 Å². The lowest BCUT2D eigenvalue weighted by atomic mass is 10.1. The normalized spacial score (nSPS) is 19.9. The van der Waals surface area contributed by atoms with E-state index in [9.17, 15) is 13.2 Å². The molecule has 0 spiro atoms. The number of likely N-dealkylation sites (tertiary alicyclic amines) is 1. The highest BCUT2D eigenvalue weighted by Gasteiger charge is 2.37. The van der Waals surface area contributed by atoms with E-state index in [4.69, 9.17) is 0 Å². The molecule has 22 heavy (non-hydrogen) atoms. The van der Waals surface area contributed by atoms with E-state index in [1.165, 1.54) is 4.31 Å². The van der Waals surface area contributed by atoms with E-state index in [-0.39, 0.29) is 12.6 Å². The highest BCUT2D eigenvalue weighted by Crippen LogP contribution is 2.42. The molecule has 0 aliphatic carbocycles. The molecule has 0 N–H and O–H groups in total. The number of carbonyl (C=O) groups excluding carboxylic acids is 1. The first-order valence-corrected chi connectivity index (χ1v) is 8.85. The summed E-state index contributed by atoms with van der Waals surface area (Å²) < 4.78 is 27.0. The number of amides is 1. The van der Waals surface area contributed by atoms with Gasteiger partial charge in [0.1, 0.15) is 6.67 Å². The van der Waals surface area contributed by atoms with Gasteiger partial charge in [0.05, 0.1) is 10.6 Å². The van der Waals surface area contributed by atoms with Gasteiger partial charge in [-0.15, -0.1) is 0 Å². The molecule has 114 valence electrons. The predicted octanol–water partition coefficient (Wildman–Crippen LogP) is 2.32. The summed E-state index contributed by atoms with van der Waals surface area (Å²) in [4.78, 5) is 14.0. The molecule has 0 unspecified atom stereocenters. The minimum atomic E-state index is -3.58. The minimum Gasteiger partial charge on any atom is -0.324 e. The Hall–Kier alpha value is -2.08. The highest BCUT2D eigenvalue weighted by molar-refractivity contribution is 7.93. The van der Waals surface area contributed by atoms with Gasteiger partial charge in [-0.3, -0.25) is 4.79 Å². The van der Waals surface area contributed by atoms with Crippen molar-refractivity contribution in [2.45, 2.75) is 24.2 Å². The molecule has 2 aliphatic rings. The zero-order valence-corrected chi connectivity index (χ0v) is 12.8. The minimum absolute atomic E-state index is 0.0320. The van der Waals surface area contributed by atoms with E-state index in [1.54, 1.807) is 17.0 Å². The van der Waals surface area contributed by atoms with E-state index in [1.807, 2.05) is 24.3 Å². The summed E-state index contributed by atoms with van der Waals surface area (Å²) >= 11 is 0. The van der Waals surface area contributed by atoms with Gasteiger partial charge in [-0.05, 0) is 30.4 Å². The van der Waals surface area contributed by atoms with Crippen molar-refractivity contribution in [3.05, 3.63) is 36.4 Å². The smallest absolute Gasteiger partial charge is 0.266 e. The number of nitrogens with zero attached hydrogens (tertiary/aromatic N) is 2. The van der Waals surface area contributed by atoms with E-state index in [0.717, 1.165) is 23.6 Å². The van der Waals surface area contributed by atoms with Crippen molar-refractivity contribution >= 4 is 32.4 Å². The summed E-state index contributed by atoms with van der Waals surface area (Å²) in [6.07, 6.45) is 2.32. The van der Waals surface area contributed by atoms with E-state index < -0.39 is 10.0 Å². The lowest BCUT2D eigenvalue weighted by Gasteiger charge is -2.31. The molecule has 0 radical (unpaired) electrons. The largest absolute Gasteiger partial charge is 0.324 e. The van der Waals surface area contributed by atoms with E-state index in [2.05, 4.69) is 0 Å². The van der Waals surface area contributed by atoms with Crippen LogP contribution in [0.2, 0.25) is 0 Å². The average Bonchev–Trinajstić information content (AvgIpc) is 2.73. The third-order valence-electron chi connectivity index (χ3n) is 4.40. The molecule has 0 saturated carbocycles. The van der Waals surface area contributed by atoms with Gasteiger partial charge in [0.2, 0.25) is 5.91 Å². The Labute approximate surface area is 129 Å². The second kappa shape index (κ2) is 4.71. The maximum absolute atomic E-state index is 12.8. The fraction of sp³-hybridized carbons (Fsp3) is 0.312. The Morgan fingerprint density at radius 3 is 2.59 bits per heavy atom. The molecule has 5 nitrogen and oxygen atoms in total. The number of hydrogen-bond donors (Lipinski definition) is 0. The Balaban J connectivity index is 1.82. The van der Waals surface area contributed by atoms with E-state index in [0.29, 0.717) is 23.5 Å². The molecular weight excluding hydrogens is 300 g/mol. The van der Waals surface area contributed by atoms with Crippen LogP contribution in [0.3, 0.4) is 0 Å². The monoisotopic (exact) mass is 316 g/mol. The van der Waals surface area contributed by atoms with Gasteiger partial charge in [-0.25, -0.2) is 12.7 Å². The molecule has 1 fully saturated rings. The van der Waals surface area contributed by atoms with Crippen molar-refractivity contribution in [2.75, 3.05) is 17.5 Å². The summed E-state index contributed by atoms with van der Waals surface area (Å²) in [6.45, 7) is 0.728. The predicted molar refractivity (Wildman–Crippen MR) is 84.0 cm³/mol. The van der Waals surface area contributed by atoms with Crippen LogP contribution in [-0.2, 0) is 14.8 Å². The fourth-order valence-corrected chi connectivity index (χ4v) is 4.95. The molecule has 0 atom stereocenters. The van der Waals surface area contributed by atoms with Crippen LogP contribution in [0.5, 0.6) is 0 Å². The molecular formula is C16H16N2O3S. The summed E-state index contributed by atoms with van der Waals surface area (Å²) in [5.41, 5.74) is 0.673. The molecule has 2 aromatic rings. The molecule has 1 saturated heterocycles. The van der Waals surface area contributed by atoms with Gasteiger partial charge in [0, 0.05) is 18.4 Å². The van der Waals surface area contributed by atoms with Gasteiger partial charge in [-0.2, -0.15) is 0 Å². The number of benzene rings is 2. The molecule has 0 aromatic heterocycles. The quantitative estimate of drug-likeness (QED) is 0.854. The van der Waals surface area contributed by atoms with Crippen LogP contribution in [0.1, 0.15) is 19.3 Å². The first-order chi connectivity index (χ1) is 10.6. The van der Waals surface area contributed by atoms with Crippen molar-refractivity contribution < 1.29 is 13.2 Å². The molecule has 2 aliphatic heterocycles. The Bertz CT molecular complexity index is 871. The molecule has 6 heteroatoms. The van der Waals surface area contributed by atoms with Crippen molar-refractivity contribution in [2.24, 2.45) is 0 Å². The first-order valence-electron chi connectivity index (χ1n) is 7.41.